The second kappa shape index (κ2) is 43.5. The molecule has 0 unspecified atom stereocenters. The molecule has 0 spiro atoms. The number of aliphatic carboxylic acids is 3. The van der Waals surface area contributed by atoms with E-state index in [2.05, 4.69) is 68.8 Å². The maximum Gasteiger partial charge on any atom is 0.322 e. The van der Waals surface area contributed by atoms with Crippen LogP contribution in [0.5, 0.6) is 0 Å². The molecule has 12 amide bonds. The molecule has 1 aliphatic heterocycles. The van der Waals surface area contributed by atoms with Crippen LogP contribution in [0.25, 0.3) is 0 Å². The average molecular weight is 1440 g/mol. The fraction of sp³-hybridized carbons (Fsp3) is 0.433. The van der Waals surface area contributed by atoms with Crippen LogP contribution >= 0.6 is 45.1 Å². The van der Waals surface area contributed by atoms with Gasteiger partial charge in [-0.15, -0.1) is 23.5 Å². The topological polar surface area (TPSA) is 552 Å². The average Bonchev–Trinajstić information content (AvgIpc) is 1.06. The molecule has 0 bridgehead atoms. The number of hydrogen-bond acceptors (Lipinski definition) is 21. The number of carboxylic acids is 3. The third kappa shape index (κ3) is 31.9. The summed E-state index contributed by atoms with van der Waals surface area (Å²) in [5.41, 5.74) is 18.6. The molecule has 1 fully saturated rings. The molecule has 0 aliphatic carbocycles. The molecule has 1 saturated heterocycles. The molecule has 0 saturated carbocycles. The van der Waals surface area contributed by atoms with Crippen molar-refractivity contribution in [1.82, 2.24) is 63.8 Å². The molecule has 98 heavy (non-hydrogen) atoms. The van der Waals surface area contributed by atoms with Gasteiger partial charge in [-0.1, -0.05) is 113 Å². The SMILES string of the molecule is C[C@H](N)C(=O)N[C@@H](CSCNC(=O)Cc1ccccc1)C(=O)N[C@@H](CC(=O)O)C(=O)N[C@H]1CSSC[C@@H](C(=O)N[C@@H](Cc2ccccc2)C(=O)N[C@@H](CSCNC(=O)Cc2ccccc2)C(=O)NCC(=O)O)NC(=O)[C@H](CC(=O)O)NC(=O)CNC(=O)[C@H](CCCN=C(N)N)NC1=O. The highest BCUT2D eigenvalue weighted by molar-refractivity contribution is 8.76. The van der Waals surface area contributed by atoms with E-state index in [-0.39, 0.29) is 79.7 Å². The van der Waals surface area contributed by atoms with Gasteiger partial charge in [0.1, 0.15) is 54.9 Å². The van der Waals surface area contributed by atoms with Gasteiger partial charge in [-0.2, -0.15) is 0 Å². The molecule has 0 radical (unpaired) electrons. The molecule has 1 heterocycles. The van der Waals surface area contributed by atoms with Crippen LogP contribution in [0.3, 0.4) is 0 Å². The van der Waals surface area contributed by atoms with Crippen molar-refractivity contribution in [3.05, 3.63) is 108 Å². The normalized spacial score (nSPS) is 17.5. The molecular formula is C60H80N16O18S4. The smallest absolute Gasteiger partial charge is 0.322 e. The number of carbonyl (C=O) groups excluding carboxylic acids is 12. The minimum atomic E-state index is -1.99. The van der Waals surface area contributed by atoms with Gasteiger partial charge < -0.3 is 96.3 Å². The van der Waals surface area contributed by atoms with Crippen LogP contribution in [0, 0.1) is 0 Å². The van der Waals surface area contributed by atoms with Crippen LogP contribution in [0.4, 0.5) is 0 Å². The highest BCUT2D eigenvalue weighted by Gasteiger charge is 2.36. The van der Waals surface area contributed by atoms with Gasteiger partial charge in [0, 0.05) is 36.0 Å². The number of benzene rings is 3. The van der Waals surface area contributed by atoms with Crippen LogP contribution < -0.4 is 81.0 Å². The fourth-order valence-electron chi connectivity index (χ4n) is 8.63. The molecular weight excluding hydrogens is 1360 g/mol. The molecule has 9 atom stereocenters. The number of hydrogen-bond donors (Lipinski definition) is 18. The van der Waals surface area contributed by atoms with Gasteiger partial charge in [0.15, 0.2) is 5.96 Å². The van der Waals surface area contributed by atoms with E-state index in [1.807, 2.05) is 0 Å². The summed E-state index contributed by atoms with van der Waals surface area (Å²) >= 11 is 1.96. The summed E-state index contributed by atoms with van der Waals surface area (Å²) in [4.78, 5) is 205. The molecule has 38 heteroatoms. The van der Waals surface area contributed by atoms with Crippen molar-refractivity contribution in [2.75, 3.05) is 54.4 Å². The zero-order chi connectivity index (χ0) is 72.1. The first kappa shape index (κ1) is 80.8. The summed E-state index contributed by atoms with van der Waals surface area (Å²) in [6.45, 7) is -0.570. The fourth-order valence-corrected chi connectivity index (χ4v) is 12.7. The number of carbonyl (C=O) groups is 15. The number of aliphatic imine (C=N–C) groups is 1. The summed E-state index contributed by atoms with van der Waals surface area (Å²) in [5.74, 6) is -18.2. The van der Waals surface area contributed by atoms with Crippen LogP contribution in [-0.4, -0.2) is 219 Å². The lowest BCUT2D eigenvalue weighted by atomic mass is 10.0. The Balaban J connectivity index is 1.68. The van der Waals surface area contributed by atoms with Crippen LogP contribution in [0.2, 0.25) is 0 Å². The number of nitrogens with two attached hydrogens (primary N) is 3. The van der Waals surface area contributed by atoms with Crippen LogP contribution in [0.15, 0.2) is 96.0 Å². The number of amides is 12. The van der Waals surface area contributed by atoms with Crippen molar-refractivity contribution in [3.63, 3.8) is 0 Å². The standard InChI is InChI=1S/C60H80N16O18S4/c1-33(61)51(86)73-42(28-96-32-68-46(78)22-36-16-9-4-10-17-36)57(92)72-40(24-49(82)83)56(91)76-43-29-97-98-30-44(75-55(90)39(23-48(80)81)69-47(79)25-65-52(87)37(70-58(43)93)18-11-19-64-60(62)63)59(94)71-38(20-34-12-5-2-6-13-34)54(89)74-41(53(88)66-26-50(84)85)27-95-31-67-45(77)21-35-14-7-3-8-15-35/h2-10,12-17,33,37-44H,11,18-32,61H2,1H3,(H,65,87)(H,66,88)(H,67,77)(H,68,78)(H,69,79)(H,70,93)(H,71,94)(H,72,92)(H,73,86)(H,74,89)(H,75,90)(H,76,91)(H,80,81)(H,82,83)(H,84,85)(H4,62,63,64)/t33-,37-,38-,39-,40-,41-,42-,43-,44-/m0/s1. The first-order chi connectivity index (χ1) is 46.7. The lowest BCUT2D eigenvalue weighted by Gasteiger charge is -2.27. The maximum atomic E-state index is 14.7. The minimum Gasteiger partial charge on any atom is -0.481 e. The second-order valence-corrected chi connectivity index (χ2v) is 26.2. The van der Waals surface area contributed by atoms with Crippen LogP contribution in [-0.2, 0) is 91.2 Å². The number of nitrogens with zero attached hydrogens (tertiary/aromatic N) is 1. The molecule has 4 rings (SSSR count). The van der Waals surface area contributed by atoms with E-state index < -0.39 is 169 Å². The first-order valence-electron chi connectivity index (χ1n) is 30.2. The Labute approximate surface area is 578 Å². The van der Waals surface area contributed by atoms with Crippen LogP contribution in [0.1, 0.15) is 49.3 Å². The zero-order valence-electron chi connectivity index (χ0n) is 52.9. The minimum absolute atomic E-state index is 0.00649. The lowest BCUT2D eigenvalue weighted by Crippen LogP contribution is -2.60. The van der Waals surface area contributed by atoms with Gasteiger partial charge in [-0.25, -0.2) is 0 Å². The molecule has 3 aromatic rings. The Morgan fingerprint density at radius 2 is 1.11 bits per heavy atom. The van der Waals surface area contributed by atoms with Gasteiger partial charge in [0.25, 0.3) is 0 Å². The molecule has 1 aliphatic rings. The maximum absolute atomic E-state index is 14.7. The van der Waals surface area contributed by atoms with Crippen molar-refractivity contribution >= 4 is 140 Å². The van der Waals surface area contributed by atoms with Gasteiger partial charge in [-0.3, -0.25) is 76.9 Å². The van der Waals surface area contributed by atoms with E-state index in [4.69, 9.17) is 17.2 Å². The largest absolute Gasteiger partial charge is 0.481 e. The van der Waals surface area contributed by atoms with Gasteiger partial charge in [-0.05, 0) is 36.5 Å². The second-order valence-electron chi connectivity index (χ2n) is 21.6. The number of carboxylic acid groups (broad SMARTS) is 3. The van der Waals surface area contributed by atoms with Crippen molar-refractivity contribution in [2.24, 2.45) is 22.2 Å². The van der Waals surface area contributed by atoms with Gasteiger partial charge in [0.05, 0.1) is 50.0 Å². The van der Waals surface area contributed by atoms with Crippen molar-refractivity contribution < 1.29 is 87.2 Å². The van der Waals surface area contributed by atoms with Crippen molar-refractivity contribution in [3.8, 4) is 0 Å². The predicted octanol–water partition coefficient (Wildman–Crippen LogP) is -4.73. The Morgan fingerprint density at radius 3 is 1.65 bits per heavy atom. The Hall–Kier alpha value is -9.66. The summed E-state index contributed by atoms with van der Waals surface area (Å²) in [7, 11) is 1.48. The Bertz CT molecular complexity index is 3290. The Kier molecular flexibility index (Phi) is 35.9. The zero-order valence-corrected chi connectivity index (χ0v) is 56.2. The summed E-state index contributed by atoms with van der Waals surface area (Å²) in [6, 6.07) is 10.8. The molecule has 0 aromatic heterocycles. The molecule has 3 aromatic carbocycles. The predicted molar refractivity (Wildman–Crippen MR) is 363 cm³/mol. The number of thioether (sulfide) groups is 2. The molecule has 21 N–H and O–H groups in total. The van der Waals surface area contributed by atoms with E-state index >= 15 is 0 Å². The monoisotopic (exact) mass is 1440 g/mol. The first-order valence-corrected chi connectivity index (χ1v) is 35.0. The quantitative estimate of drug-likeness (QED) is 0.00865. The van der Waals surface area contributed by atoms with Crippen molar-refractivity contribution in [2.45, 2.75) is 106 Å². The summed E-state index contributed by atoms with van der Waals surface area (Å²) < 4.78 is 0. The number of rotatable bonds is 35. The van der Waals surface area contributed by atoms with Crippen molar-refractivity contribution in [1.29, 1.82) is 0 Å². The summed E-state index contributed by atoms with van der Waals surface area (Å²) in [6.07, 6.45) is -2.66. The third-order valence-electron chi connectivity index (χ3n) is 13.6. The van der Waals surface area contributed by atoms with E-state index in [0.29, 0.717) is 5.56 Å². The van der Waals surface area contributed by atoms with E-state index in [0.717, 1.165) is 56.2 Å². The molecule has 532 valence electrons. The van der Waals surface area contributed by atoms with E-state index in [1.54, 1.807) is 91.0 Å². The number of nitrogens with one attached hydrogen (secondary N) is 12. The van der Waals surface area contributed by atoms with Gasteiger partial charge in [0.2, 0.25) is 70.9 Å². The van der Waals surface area contributed by atoms with E-state index in [9.17, 15) is 87.2 Å². The Morgan fingerprint density at radius 1 is 0.582 bits per heavy atom. The lowest BCUT2D eigenvalue weighted by molar-refractivity contribution is -0.141. The highest BCUT2D eigenvalue weighted by Crippen LogP contribution is 2.24. The molecule has 34 nitrogen and oxygen atoms in total. The third-order valence-corrected chi connectivity index (χ3v) is 17.9. The van der Waals surface area contributed by atoms with Gasteiger partial charge >= 0.3 is 17.9 Å². The van der Waals surface area contributed by atoms with E-state index in [1.165, 1.54) is 6.92 Å². The number of guanidine groups is 1. The highest BCUT2D eigenvalue weighted by atomic mass is 33.1. The summed E-state index contributed by atoms with van der Waals surface area (Å²) in [5, 5.41) is 58.4.